The Morgan fingerprint density at radius 1 is 1.11 bits per heavy atom. The number of hydrogen-bond donors (Lipinski definition) is 1. The van der Waals surface area contributed by atoms with E-state index in [-0.39, 0.29) is 6.03 Å². The van der Waals surface area contributed by atoms with Gasteiger partial charge in [0.25, 0.3) is 0 Å². The highest BCUT2D eigenvalue weighted by atomic mass is 32.1. The van der Waals surface area contributed by atoms with Gasteiger partial charge < -0.3 is 19.3 Å². The summed E-state index contributed by atoms with van der Waals surface area (Å²) in [5, 5.41) is 6.63. The molecular formula is C19H21N5O3S. The number of nitrogens with one attached hydrogen (secondary N) is 1. The molecule has 1 aliphatic rings. The molecule has 8 nitrogen and oxygen atoms in total. The second-order valence-electron chi connectivity index (χ2n) is 6.30. The minimum Gasteiger partial charge on any atom is -0.493 e. The predicted molar refractivity (Wildman–Crippen MR) is 110 cm³/mol. The molecule has 28 heavy (non-hydrogen) atoms. The van der Waals surface area contributed by atoms with Gasteiger partial charge in [-0.1, -0.05) is 0 Å². The molecule has 2 amide bonds. The van der Waals surface area contributed by atoms with Crippen molar-refractivity contribution in [1.29, 1.82) is 0 Å². The highest BCUT2D eigenvalue weighted by Crippen LogP contribution is 2.34. The molecule has 0 atom stereocenters. The Morgan fingerprint density at radius 3 is 2.54 bits per heavy atom. The molecule has 0 radical (unpaired) electrons. The topological polar surface area (TPSA) is 79.8 Å². The summed E-state index contributed by atoms with van der Waals surface area (Å²) in [7, 11) is 3.21. The molecule has 2 aromatic heterocycles. The fraction of sp³-hybridized carbons (Fsp3) is 0.316. The van der Waals surface area contributed by atoms with Gasteiger partial charge in [-0.15, -0.1) is 11.3 Å². The average Bonchev–Trinajstić information content (AvgIpc) is 3.25. The first-order valence-electron chi connectivity index (χ1n) is 8.90. The summed E-state index contributed by atoms with van der Waals surface area (Å²) >= 11 is 1.51. The number of carbonyl (C=O) groups excluding carboxylic acids is 1. The first-order chi connectivity index (χ1) is 13.7. The van der Waals surface area contributed by atoms with Crippen molar-refractivity contribution < 1.29 is 14.3 Å². The van der Waals surface area contributed by atoms with Gasteiger partial charge in [-0.05, 0) is 23.6 Å². The van der Waals surface area contributed by atoms with Crippen LogP contribution in [0.5, 0.6) is 11.5 Å². The maximum Gasteiger partial charge on any atom is 0.322 e. The molecule has 0 spiro atoms. The van der Waals surface area contributed by atoms with Crippen LogP contribution in [-0.4, -0.2) is 61.3 Å². The van der Waals surface area contributed by atoms with E-state index in [1.165, 1.54) is 11.3 Å². The van der Waals surface area contributed by atoms with E-state index in [2.05, 4.69) is 20.2 Å². The number of anilines is 2. The number of ether oxygens (including phenoxy) is 2. The highest BCUT2D eigenvalue weighted by Gasteiger charge is 2.24. The molecule has 0 bridgehead atoms. The van der Waals surface area contributed by atoms with E-state index in [9.17, 15) is 4.79 Å². The van der Waals surface area contributed by atoms with Gasteiger partial charge in [0.1, 0.15) is 12.1 Å². The molecule has 4 rings (SSSR count). The van der Waals surface area contributed by atoms with Crippen molar-refractivity contribution in [2.24, 2.45) is 0 Å². The van der Waals surface area contributed by atoms with Crippen LogP contribution in [0.25, 0.3) is 10.9 Å². The van der Waals surface area contributed by atoms with Crippen LogP contribution in [0.2, 0.25) is 0 Å². The number of aromatic nitrogens is 2. The van der Waals surface area contributed by atoms with Crippen molar-refractivity contribution >= 4 is 39.1 Å². The van der Waals surface area contributed by atoms with Gasteiger partial charge >= 0.3 is 6.03 Å². The Morgan fingerprint density at radius 2 is 1.86 bits per heavy atom. The number of nitrogens with zero attached hydrogens (tertiary/aromatic N) is 4. The molecule has 0 unspecified atom stereocenters. The molecule has 0 aliphatic carbocycles. The normalized spacial score (nSPS) is 14.2. The van der Waals surface area contributed by atoms with Crippen molar-refractivity contribution in [2.45, 2.75) is 0 Å². The molecule has 3 aromatic rings. The Labute approximate surface area is 166 Å². The van der Waals surface area contributed by atoms with E-state index >= 15 is 0 Å². The SMILES string of the molecule is COc1cc2ncnc(N3CCN(C(=O)Nc4cccs4)CC3)c2cc1OC. The number of hydrogen-bond acceptors (Lipinski definition) is 7. The van der Waals surface area contributed by atoms with E-state index in [4.69, 9.17) is 9.47 Å². The number of thiophene rings is 1. The van der Waals surface area contributed by atoms with Crippen LogP contribution in [-0.2, 0) is 0 Å². The van der Waals surface area contributed by atoms with Crippen LogP contribution in [0.4, 0.5) is 15.6 Å². The van der Waals surface area contributed by atoms with E-state index in [1.807, 2.05) is 34.5 Å². The van der Waals surface area contributed by atoms with E-state index < -0.39 is 0 Å². The molecule has 1 aliphatic heterocycles. The van der Waals surface area contributed by atoms with Crippen LogP contribution in [0.15, 0.2) is 36.0 Å². The van der Waals surface area contributed by atoms with E-state index in [0.29, 0.717) is 37.7 Å². The summed E-state index contributed by atoms with van der Waals surface area (Å²) < 4.78 is 10.8. The lowest BCUT2D eigenvalue weighted by molar-refractivity contribution is 0.208. The minimum atomic E-state index is -0.0685. The van der Waals surface area contributed by atoms with Gasteiger partial charge in [0, 0.05) is 37.6 Å². The number of benzene rings is 1. The summed E-state index contributed by atoms with van der Waals surface area (Å²) in [6.45, 7) is 2.63. The summed E-state index contributed by atoms with van der Waals surface area (Å²) in [4.78, 5) is 25.3. The van der Waals surface area contributed by atoms with Crippen molar-refractivity contribution in [3.8, 4) is 11.5 Å². The monoisotopic (exact) mass is 399 g/mol. The van der Waals surface area contributed by atoms with Gasteiger partial charge in [-0.2, -0.15) is 0 Å². The van der Waals surface area contributed by atoms with Gasteiger partial charge in [-0.25, -0.2) is 14.8 Å². The van der Waals surface area contributed by atoms with Crippen LogP contribution in [0.3, 0.4) is 0 Å². The van der Waals surface area contributed by atoms with E-state index in [0.717, 1.165) is 21.7 Å². The Hall–Kier alpha value is -3.07. The minimum absolute atomic E-state index is 0.0685. The Bertz CT molecular complexity index is 971. The third kappa shape index (κ3) is 3.53. The zero-order valence-electron chi connectivity index (χ0n) is 15.7. The molecule has 146 valence electrons. The quantitative estimate of drug-likeness (QED) is 0.726. The number of amides is 2. The molecular weight excluding hydrogens is 378 g/mol. The maximum absolute atomic E-state index is 12.4. The fourth-order valence-corrected chi connectivity index (χ4v) is 3.88. The standard InChI is InChI=1S/C19H21N5O3S/c1-26-15-10-13-14(11-16(15)27-2)20-12-21-18(13)23-5-7-24(8-6-23)19(25)22-17-4-3-9-28-17/h3-4,9-12H,5-8H2,1-2H3,(H,22,25). The number of urea groups is 1. The Balaban J connectivity index is 1.51. The number of fused-ring (bicyclic) bond motifs is 1. The van der Waals surface area contributed by atoms with Gasteiger partial charge in [0.05, 0.1) is 24.7 Å². The zero-order chi connectivity index (χ0) is 19.5. The first kappa shape index (κ1) is 18.3. The lowest BCUT2D eigenvalue weighted by atomic mass is 10.2. The molecule has 9 heteroatoms. The zero-order valence-corrected chi connectivity index (χ0v) is 16.5. The van der Waals surface area contributed by atoms with Crippen molar-refractivity contribution in [2.75, 3.05) is 50.6 Å². The summed E-state index contributed by atoms with van der Waals surface area (Å²) in [5.74, 6) is 2.11. The summed E-state index contributed by atoms with van der Waals surface area (Å²) in [6.07, 6.45) is 1.56. The van der Waals surface area contributed by atoms with Crippen LogP contribution < -0.4 is 19.7 Å². The van der Waals surface area contributed by atoms with Crippen LogP contribution in [0, 0.1) is 0 Å². The van der Waals surface area contributed by atoms with Crippen LogP contribution in [0.1, 0.15) is 0 Å². The van der Waals surface area contributed by atoms with Gasteiger partial charge in [-0.3, -0.25) is 5.32 Å². The molecule has 1 aromatic carbocycles. The molecule has 0 saturated carbocycles. The average molecular weight is 399 g/mol. The van der Waals surface area contributed by atoms with Crippen LogP contribution >= 0.6 is 11.3 Å². The number of methoxy groups -OCH3 is 2. The first-order valence-corrected chi connectivity index (χ1v) is 9.78. The highest BCUT2D eigenvalue weighted by molar-refractivity contribution is 7.14. The maximum atomic E-state index is 12.4. The lowest BCUT2D eigenvalue weighted by Crippen LogP contribution is -2.50. The summed E-state index contributed by atoms with van der Waals surface area (Å²) in [5.41, 5.74) is 0.792. The summed E-state index contributed by atoms with van der Waals surface area (Å²) in [6, 6.07) is 7.50. The lowest BCUT2D eigenvalue weighted by Gasteiger charge is -2.35. The Kier molecular flexibility index (Phi) is 5.16. The number of piperazine rings is 1. The third-order valence-electron chi connectivity index (χ3n) is 4.74. The van der Waals surface area contributed by atoms with E-state index in [1.54, 1.807) is 20.5 Å². The second kappa shape index (κ2) is 7.89. The smallest absolute Gasteiger partial charge is 0.322 e. The number of rotatable bonds is 4. The fourth-order valence-electron chi connectivity index (χ4n) is 3.28. The molecule has 3 heterocycles. The van der Waals surface area contributed by atoms with Crippen molar-refractivity contribution in [3.63, 3.8) is 0 Å². The molecule has 1 saturated heterocycles. The largest absolute Gasteiger partial charge is 0.493 e. The van der Waals surface area contributed by atoms with Gasteiger partial charge in [0.15, 0.2) is 11.5 Å². The van der Waals surface area contributed by atoms with Gasteiger partial charge in [0.2, 0.25) is 0 Å². The third-order valence-corrected chi connectivity index (χ3v) is 5.52. The molecule has 1 fully saturated rings. The predicted octanol–water partition coefficient (Wildman–Crippen LogP) is 3.06. The number of carbonyl (C=O) groups is 1. The van der Waals surface area contributed by atoms with Crippen molar-refractivity contribution in [3.05, 3.63) is 36.0 Å². The second-order valence-corrected chi connectivity index (χ2v) is 7.25. The van der Waals surface area contributed by atoms with Crippen molar-refractivity contribution in [1.82, 2.24) is 14.9 Å². The molecule has 1 N–H and O–H groups in total.